The molecule has 0 aliphatic carbocycles. The van der Waals surface area contributed by atoms with Crippen molar-refractivity contribution >= 4 is 0 Å². The summed E-state index contributed by atoms with van der Waals surface area (Å²) in [5, 5.41) is 0. The van der Waals surface area contributed by atoms with Crippen molar-refractivity contribution in [3.05, 3.63) is 0 Å². The zero-order valence-corrected chi connectivity index (χ0v) is 5.55. The molecule has 1 fully saturated rings. The zero-order chi connectivity index (χ0) is 5.98. The number of hydrogen-bond acceptors (Lipinski definition) is 2. The SMILES string of the molecule is COC1CCN(C)C1. The smallest absolute Gasteiger partial charge is 0.0710 e. The Kier molecular flexibility index (Phi) is 1.86. The number of rotatable bonds is 1. The topological polar surface area (TPSA) is 12.5 Å². The molecule has 0 radical (unpaired) electrons. The summed E-state index contributed by atoms with van der Waals surface area (Å²) in [5.41, 5.74) is 0. The Bertz CT molecular complexity index is 74.9. The highest BCUT2D eigenvalue weighted by Gasteiger charge is 2.17. The van der Waals surface area contributed by atoms with Crippen molar-refractivity contribution in [3.63, 3.8) is 0 Å². The number of ether oxygens (including phenoxy) is 1. The fourth-order valence-corrected chi connectivity index (χ4v) is 1.09. The third-order valence-corrected chi connectivity index (χ3v) is 1.68. The molecule has 0 spiro atoms. The van der Waals surface area contributed by atoms with Crippen molar-refractivity contribution in [2.24, 2.45) is 0 Å². The molecule has 0 aromatic rings. The first-order valence-corrected chi connectivity index (χ1v) is 3.04. The molecule has 1 aliphatic rings. The summed E-state index contributed by atoms with van der Waals surface area (Å²) in [4.78, 5) is 2.29. The maximum atomic E-state index is 5.14. The molecule has 0 saturated carbocycles. The Morgan fingerprint density at radius 1 is 1.62 bits per heavy atom. The van der Waals surface area contributed by atoms with Crippen molar-refractivity contribution in [2.75, 3.05) is 27.2 Å². The standard InChI is InChI=1S/C6H13NO/c1-7-4-3-6(5-7)8-2/h6H,3-5H2,1-2H3. The van der Waals surface area contributed by atoms with E-state index in [1.54, 1.807) is 7.11 Å². The Morgan fingerprint density at radius 2 is 2.38 bits per heavy atom. The summed E-state index contributed by atoms with van der Waals surface area (Å²) < 4.78 is 5.14. The van der Waals surface area contributed by atoms with Gasteiger partial charge in [-0.3, -0.25) is 0 Å². The van der Waals surface area contributed by atoms with Crippen LogP contribution in [0.25, 0.3) is 0 Å². The van der Waals surface area contributed by atoms with Crippen molar-refractivity contribution in [1.29, 1.82) is 0 Å². The van der Waals surface area contributed by atoms with Gasteiger partial charge in [-0.15, -0.1) is 0 Å². The first-order valence-electron chi connectivity index (χ1n) is 3.04. The molecule has 2 nitrogen and oxygen atoms in total. The zero-order valence-electron chi connectivity index (χ0n) is 5.55. The Balaban J connectivity index is 2.22. The van der Waals surface area contributed by atoms with Crippen LogP contribution in [0.2, 0.25) is 0 Å². The Labute approximate surface area is 50.4 Å². The second-order valence-electron chi connectivity index (χ2n) is 2.41. The van der Waals surface area contributed by atoms with Crippen LogP contribution in [-0.2, 0) is 4.74 Å². The maximum absolute atomic E-state index is 5.14. The van der Waals surface area contributed by atoms with Crippen molar-refractivity contribution in [1.82, 2.24) is 4.90 Å². The second kappa shape index (κ2) is 2.46. The summed E-state index contributed by atoms with van der Waals surface area (Å²) >= 11 is 0. The first kappa shape index (κ1) is 6.05. The van der Waals surface area contributed by atoms with Gasteiger partial charge in [0, 0.05) is 20.2 Å². The average molecular weight is 115 g/mol. The molecule has 1 saturated heterocycles. The predicted octanol–water partition coefficient (Wildman–Crippen LogP) is 0.337. The van der Waals surface area contributed by atoms with Gasteiger partial charge in [0.25, 0.3) is 0 Å². The molecule has 0 aromatic carbocycles. The number of likely N-dealkylation sites (tertiary alicyclic amines) is 1. The van der Waals surface area contributed by atoms with Crippen molar-refractivity contribution in [3.8, 4) is 0 Å². The van der Waals surface area contributed by atoms with E-state index in [0.29, 0.717) is 6.10 Å². The summed E-state index contributed by atoms with van der Waals surface area (Å²) in [6.45, 7) is 2.30. The summed E-state index contributed by atoms with van der Waals surface area (Å²) in [5.74, 6) is 0. The molecule has 0 aromatic heterocycles. The van der Waals surface area contributed by atoms with Crippen LogP contribution in [0.5, 0.6) is 0 Å². The van der Waals surface area contributed by atoms with Gasteiger partial charge >= 0.3 is 0 Å². The van der Waals surface area contributed by atoms with Gasteiger partial charge in [-0.05, 0) is 13.5 Å². The van der Waals surface area contributed by atoms with Crippen LogP contribution in [-0.4, -0.2) is 38.3 Å². The van der Waals surface area contributed by atoms with E-state index < -0.39 is 0 Å². The van der Waals surface area contributed by atoms with Crippen LogP contribution in [0.3, 0.4) is 0 Å². The molecule has 1 unspecified atom stereocenters. The van der Waals surface area contributed by atoms with Gasteiger partial charge in [-0.25, -0.2) is 0 Å². The van der Waals surface area contributed by atoms with Gasteiger partial charge < -0.3 is 9.64 Å². The van der Waals surface area contributed by atoms with E-state index in [0.717, 1.165) is 6.54 Å². The molecule has 0 bridgehead atoms. The fraction of sp³-hybridized carbons (Fsp3) is 1.00. The predicted molar refractivity (Wildman–Crippen MR) is 32.9 cm³/mol. The molecule has 8 heavy (non-hydrogen) atoms. The van der Waals surface area contributed by atoms with Crippen LogP contribution in [0.4, 0.5) is 0 Å². The minimum absolute atomic E-state index is 0.500. The van der Waals surface area contributed by atoms with Crippen LogP contribution in [0.15, 0.2) is 0 Å². The quantitative estimate of drug-likeness (QED) is 0.488. The Hall–Kier alpha value is -0.0800. The first-order chi connectivity index (χ1) is 3.83. The van der Waals surface area contributed by atoms with E-state index in [-0.39, 0.29) is 0 Å². The summed E-state index contributed by atoms with van der Waals surface area (Å²) in [7, 11) is 3.91. The molecule has 0 amide bonds. The lowest BCUT2D eigenvalue weighted by Gasteiger charge is -2.06. The van der Waals surface area contributed by atoms with Crippen LogP contribution >= 0.6 is 0 Å². The second-order valence-corrected chi connectivity index (χ2v) is 2.41. The van der Waals surface area contributed by atoms with Crippen LogP contribution in [0, 0.1) is 0 Å². The minimum atomic E-state index is 0.500. The maximum Gasteiger partial charge on any atom is 0.0710 e. The van der Waals surface area contributed by atoms with E-state index in [1.807, 2.05) is 0 Å². The van der Waals surface area contributed by atoms with Gasteiger partial charge in [0.2, 0.25) is 0 Å². The number of likely N-dealkylation sites (N-methyl/N-ethyl adjacent to an activating group) is 1. The van der Waals surface area contributed by atoms with Crippen LogP contribution < -0.4 is 0 Å². The average Bonchev–Trinajstić information content (AvgIpc) is 2.14. The molecule has 1 rings (SSSR count). The lowest BCUT2D eigenvalue weighted by molar-refractivity contribution is 0.111. The summed E-state index contributed by atoms with van der Waals surface area (Å²) in [6, 6.07) is 0. The van der Waals surface area contributed by atoms with E-state index >= 15 is 0 Å². The highest BCUT2D eigenvalue weighted by molar-refractivity contribution is 4.71. The molecular formula is C6H13NO. The molecule has 1 aliphatic heterocycles. The number of hydrogen-bond donors (Lipinski definition) is 0. The molecule has 0 N–H and O–H groups in total. The molecule has 1 atom stereocenters. The molecular weight excluding hydrogens is 102 g/mol. The lowest BCUT2D eigenvalue weighted by Crippen LogP contribution is -2.17. The third kappa shape index (κ3) is 1.20. The van der Waals surface area contributed by atoms with Gasteiger partial charge in [0.05, 0.1) is 6.10 Å². The van der Waals surface area contributed by atoms with Gasteiger partial charge in [0.15, 0.2) is 0 Å². The number of methoxy groups -OCH3 is 1. The minimum Gasteiger partial charge on any atom is -0.380 e. The highest BCUT2D eigenvalue weighted by atomic mass is 16.5. The fourth-order valence-electron chi connectivity index (χ4n) is 1.09. The van der Waals surface area contributed by atoms with Crippen molar-refractivity contribution < 1.29 is 4.74 Å². The normalized spacial score (nSPS) is 31.5. The largest absolute Gasteiger partial charge is 0.380 e. The molecule has 2 heteroatoms. The van der Waals surface area contributed by atoms with E-state index in [9.17, 15) is 0 Å². The van der Waals surface area contributed by atoms with Crippen LogP contribution in [0.1, 0.15) is 6.42 Å². The van der Waals surface area contributed by atoms with Gasteiger partial charge in [-0.2, -0.15) is 0 Å². The molecule has 48 valence electrons. The van der Waals surface area contributed by atoms with Gasteiger partial charge in [-0.1, -0.05) is 0 Å². The van der Waals surface area contributed by atoms with E-state index in [2.05, 4.69) is 11.9 Å². The van der Waals surface area contributed by atoms with Gasteiger partial charge in [0.1, 0.15) is 0 Å². The van der Waals surface area contributed by atoms with E-state index in [1.165, 1.54) is 13.0 Å². The van der Waals surface area contributed by atoms with E-state index in [4.69, 9.17) is 4.74 Å². The highest BCUT2D eigenvalue weighted by Crippen LogP contribution is 2.07. The number of nitrogens with zero attached hydrogens (tertiary/aromatic N) is 1. The molecule has 1 heterocycles. The summed E-state index contributed by atoms with van der Waals surface area (Å²) in [6.07, 6.45) is 1.70. The third-order valence-electron chi connectivity index (χ3n) is 1.68. The van der Waals surface area contributed by atoms with Crippen molar-refractivity contribution in [2.45, 2.75) is 12.5 Å². The Morgan fingerprint density at radius 3 is 2.62 bits per heavy atom. The lowest BCUT2D eigenvalue weighted by atomic mass is 10.3. The monoisotopic (exact) mass is 115 g/mol.